The summed E-state index contributed by atoms with van der Waals surface area (Å²) < 4.78 is 1.60. The van der Waals surface area contributed by atoms with Crippen LogP contribution in [0.1, 0.15) is 5.82 Å². The molecule has 9 nitrogen and oxygen atoms in total. The third-order valence-electron chi connectivity index (χ3n) is 2.89. The van der Waals surface area contributed by atoms with Crippen molar-refractivity contribution < 1.29 is 4.92 Å². The van der Waals surface area contributed by atoms with Crippen LogP contribution in [0.15, 0.2) is 30.9 Å². The lowest BCUT2D eigenvalue weighted by Crippen LogP contribution is -2.05. The third-order valence-corrected chi connectivity index (χ3v) is 2.89. The Morgan fingerprint density at radius 1 is 1.33 bits per heavy atom. The first-order valence-corrected chi connectivity index (χ1v) is 6.11. The first-order chi connectivity index (χ1) is 10.1. The smallest absolute Gasteiger partial charge is 0.270 e. The highest BCUT2D eigenvalue weighted by Gasteiger charge is 2.11. The molecule has 0 unspecified atom stereocenters. The van der Waals surface area contributed by atoms with Crippen LogP contribution in [-0.4, -0.2) is 29.7 Å². The van der Waals surface area contributed by atoms with Gasteiger partial charge in [-0.25, -0.2) is 15.0 Å². The monoisotopic (exact) mass is 285 g/mol. The first-order valence-electron chi connectivity index (χ1n) is 6.11. The predicted molar refractivity (Wildman–Crippen MR) is 74.5 cm³/mol. The van der Waals surface area contributed by atoms with Crippen molar-refractivity contribution in [1.82, 2.24) is 24.7 Å². The zero-order chi connectivity index (χ0) is 14.8. The average molecular weight is 285 g/mol. The fraction of sp³-hybridized carbons (Fsp3) is 0.167. The zero-order valence-corrected chi connectivity index (χ0v) is 11.1. The number of nitrogens with one attached hydrogen (secondary N) is 1. The lowest BCUT2D eigenvalue weighted by molar-refractivity contribution is -0.384. The van der Waals surface area contributed by atoms with Gasteiger partial charge in [0, 0.05) is 24.6 Å². The van der Waals surface area contributed by atoms with Crippen LogP contribution in [0.5, 0.6) is 0 Å². The molecular formula is C12H11N7O2. The number of non-ortho nitro benzene ring substituents is 1. The van der Waals surface area contributed by atoms with Crippen LogP contribution in [0.25, 0.3) is 10.9 Å². The van der Waals surface area contributed by atoms with Gasteiger partial charge in [-0.05, 0) is 6.07 Å². The normalized spacial score (nSPS) is 10.7. The van der Waals surface area contributed by atoms with E-state index in [4.69, 9.17) is 0 Å². The van der Waals surface area contributed by atoms with Crippen molar-refractivity contribution in [3.63, 3.8) is 0 Å². The van der Waals surface area contributed by atoms with E-state index in [9.17, 15) is 10.1 Å². The summed E-state index contributed by atoms with van der Waals surface area (Å²) in [5, 5.41) is 18.7. The van der Waals surface area contributed by atoms with Gasteiger partial charge in [0.2, 0.25) is 0 Å². The number of anilines is 1. The van der Waals surface area contributed by atoms with Crippen LogP contribution in [-0.2, 0) is 13.6 Å². The van der Waals surface area contributed by atoms with E-state index in [-0.39, 0.29) is 5.69 Å². The molecule has 0 fully saturated rings. The number of rotatable bonds is 4. The molecule has 3 rings (SSSR count). The number of nitro benzene ring substituents is 1. The molecule has 1 N–H and O–H groups in total. The molecule has 9 heteroatoms. The van der Waals surface area contributed by atoms with E-state index in [1.807, 2.05) is 0 Å². The number of nitrogens with zero attached hydrogens (tertiary/aromatic N) is 6. The van der Waals surface area contributed by atoms with E-state index in [0.717, 1.165) is 0 Å². The Kier molecular flexibility index (Phi) is 3.14. The molecule has 21 heavy (non-hydrogen) atoms. The molecule has 0 saturated carbocycles. The number of fused-ring (bicyclic) bond motifs is 1. The van der Waals surface area contributed by atoms with Crippen molar-refractivity contribution in [2.24, 2.45) is 7.05 Å². The number of hydrogen-bond acceptors (Lipinski definition) is 7. The van der Waals surface area contributed by atoms with Gasteiger partial charge in [-0.15, -0.1) is 0 Å². The molecule has 0 amide bonds. The minimum Gasteiger partial charge on any atom is -0.362 e. The molecule has 0 saturated heterocycles. The average Bonchev–Trinajstić information content (AvgIpc) is 2.90. The maximum Gasteiger partial charge on any atom is 0.270 e. The zero-order valence-electron chi connectivity index (χ0n) is 11.1. The molecule has 0 atom stereocenters. The van der Waals surface area contributed by atoms with Crippen molar-refractivity contribution in [3.8, 4) is 0 Å². The number of aryl methyl sites for hydroxylation is 1. The highest BCUT2D eigenvalue weighted by atomic mass is 16.6. The van der Waals surface area contributed by atoms with Gasteiger partial charge in [0.25, 0.3) is 5.69 Å². The molecule has 0 aliphatic heterocycles. The fourth-order valence-electron chi connectivity index (χ4n) is 1.93. The number of hydrogen-bond donors (Lipinski definition) is 1. The predicted octanol–water partition coefficient (Wildman–Crippen LogP) is 1.28. The molecule has 0 radical (unpaired) electrons. The van der Waals surface area contributed by atoms with Gasteiger partial charge in [-0.2, -0.15) is 5.10 Å². The van der Waals surface area contributed by atoms with Crippen LogP contribution >= 0.6 is 0 Å². The minimum atomic E-state index is -0.448. The molecule has 2 heterocycles. The van der Waals surface area contributed by atoms with Gasteiger partial charge in [0.15, 0.2) is 5.82 Å². The number of nitro groups is 1. The molecule has 0 aliphatic rings. The van der Waals surface area contributed by atoms with Crippen LogP contribution in [0.3, 0.4) is 0 Å². The quantitative estimate of drug-likeness (QED) is 0.567. The Balaban J connectivity index is 1.93. The van der Waals surface area contributed by atoms with Crippen molar-refractivity contribution in [2.75, 3.05) is 5.32 Å². The SMILES string of the molecule is Cn1cnc(CNc2ncnc3ccc([N+](=O)[O-])cc23)n1. The lowest BCUT2D eigenvalue weighted by atomic mass is 10.2. The van der Waals surface area contributed by atoms with E-state index in [1.54, 1.807) is 24.1 Å². The Hall–Kier alpha value is -3.10. The second kappa shape index (κ2) is 5.12. The minimum absolute atomic E-state index is 0.00342. The van der Waals surface area contributed by atoms with Gasteiger partial charge in [-0.3, -0.25) is 14.8 Å². The van der Waals surface area contributed by atoms with E-state index in [1.165, 1.54) is 18.5 Å². The maximum absolute atomic E-state index is 10.9. The van der Waals surface area contributed by atoms with Crippen LogP contribution in [0.2, 0.25) is 0 Å². The molecule has 2 aromatic heterocycles. The number of benzene rings is 1. The molecular weight excluding hydrogens is 274 g/mol. The molecule has 0 bridgehead atoms. The Morgan fingerprint density at radius 2 is 2.19 bits per heavy atom. The highest BCUT2D eigenvalue weighted by molar-refractivity contribution is 5.90. The van der Waals surface area contributed by atoms with Gasteiger partial charge >= 0.3 is 0 Å². The van der Waals surface area contributed by atoms with E-state index < -0.39 is 4.92 Å². The first kappa shape index (κ1) is 12.9. The van der Waals surface area contributed by atoms with Gasteiger partial charge in [0.1, 0.15) is 18.5 Å². The number of aromatic nitrogens is 5. The summed E-state index contributed by atoms with van der Waals surface area (Å²) in [6, 6.07) is 4.46. The summed E-state index contributed by atoms with van der Waals surface area (Å²) in [6.45, 7) is 0.371. The van der Waals surface area contributed by atoms with Crippen LogP contribution < -0.4 is 5.32 Å². The molecule has 0 spiro atoms. The summed E-state index contributed by atoms with van der Waals surface area (Å²) >= 11 is 0. The van der Waals surface area contributed by atoms with Crippen molar-refractivity contribution in [3.05, 3.63) is 46.8 Å². The fourth-order valence-corrected chi connectivity index (χ4v) is 1.93. The van der Waals surface area contributed by atoms with Crippen molar-refractivity contribution in [2.45, 2.75) is 6.54 Å². The third kappa shape index (κ3) is 2.61. The summed E-state index contributed by atoms with van der Waals surface area (Å²) in [5.41, 5.74) is 0.628. The Bertz CT molecular complexity index is 814. The maximum atomic E-state index is 10.9. The van der Waals surface area contributed by atoms with E-state index in [0.29, 0.717) is 29.1 Å². The highest BCUT2D eigenvalue weighted by Crippen LogP contribution is 2.24. The second-order valence-electron chi connectivity index (χ2n) is 4.37. The Labute approximate surface area is 118 Å². The summed E-state index contributed by atoms with van der Waals surface area (Å²) in [6.07, 6.45) is 3.00. The summed E-state index contributed by atoms with van der Waals surface area (Å²) in [7, 11) is 1.78. The topological polar surface area (TPSA) is 112 Å². The summed E-state index contributed by atoms with van der Waals surface area (Å²) in [5.74, 6) is 1.12. The van der Waals surface area contributed by atoms with Crippen molar-refractivity contribution in [1.29, 1.82) is 0 Å². The van der Waals surface area contributed by atoms with E-state index >= 15 is 0 Å². The van der Waals surface area contributed by atoms with Crippen LogP contribution in [0.4, 0.5) is 11.5 Å². The molecule has 0 aliphatic carbocycles. The largest absolute Gasteiger partial charge is 0.362 e. The molecule has 1 aromatic carbocycles. The van der Waals surface area contributed by atoms with Gasteiger partial charge in [-0.1, -0.05) is 0 Å². The summed E-state index contributed by atoms with van der Waals surface area (Å²) in [4.78, 5) is 22.7. The Morgan fingerprint density at radius 3 is 2.90 bits per heavy atom. The van der Waals surface area contributed by atoms with Gasteiger partial charge in [0.05, 0.1) is 17.0 Å². The standard InChI is InChI=1S/C12H11N7O2/c1-18-7-16-11(17-18)5-13-12-9-4-8(19(20)21)2-3-10(9)14-6-15-12/h2-4,6-7H,5H2,1H3,(H,13,14,15). The van der Waals surface area contributed by atoms with E-state index in [2.05, 4.69) is 25.4 Å². The van der Waals surface area contributed by atoms with Crippen molar-refractivity contribution >= 4 is 22.4 Å². The van der Waals surface area contributed by atoms with Crippen LogP contribution in [0, 0.1) is 10.1 Å². The second-order valence-corrected chi connectivity index (χ2v) is 4.37. The molecule has 3 aromatic rings. The molecule has 106 valence electrons. The van der Waals surface area contributed by atoms with Gasteiger partial charge < -0.3 is 5.32 Å². The lowest BCUT2D eigenvalue weighted by Gasteiger charge is -2.06.